The maximum absolute atomic E-state index is 10.9. The first kappa shape index (κ1) is 14.6. The Morgan fingerprint density at radius 2 is 1.71 bits per heavy atom. The van der Waals surface area contributed by atoms with Crippen LogP contribution in [-0.2, 0) is 4.79 Å². The molecule has 2 rings (SSSR count). The van der Waals surface area contributed by atoms with E-state index >= 15 is 0 Å². The zero-order chi connectivity index (χ0) is 15.1. The molecule has 0 spiro atoms. The summed E-state index contributed by atoms with van der Waals surface area (Å²) >= 11 is 0. The predicted molar refractivity (Wildman–Crippen MR) is 84.0 cm³/mol. The lowest BCUT2D eigenvalue weighted by molar-refractivity contribution is -0.114. The number of nitrogens with zero attached hydrogens (tertiary/aromatic N) is 1. The van der Waals surface area contributed by atoms with Crippen LogP contribution < -0.4 is 10.6 Å². The highest BCUT2D eigenvalue weighted by molar-refractivity contribution is 5.88. The van der Waals surface area contributed by atoms with E-state index in [4.69, 9.17) is 0 Å². The molecular weight excluding hydrogens is 262 g/mol. The Hall–Kier alpha value is -2.80. The van der Waals surface area contributed by atoms with Crippen LogP contribution >= 0.6 is 0 Å². The number of rotatable bonds is 5. The van der Waals surface area contributed by atoms with Crippen molar-refractivity contribution in [3.8, 4) is 6.07 Å². The number of carbonyl (C=O) groups excluding carboxylic acids is 1. The largest absolute Gasteiger partial charge is 0.383 e. The van der Waals surface area contributed by atoms with Gasteiger partial charge in [0.1, 0.15) is 0 Å². The molecule has 1 amide bonds. The second kappa shape index (κ2) is 7.11. The molecule has 0 fully saturated rings. The first-order valence-corrected chi connectivity index (χ1v) is 6.75. The van der Waals surface area contributed by atoms with Crippen LogP contribution in [0.5, 0.6) is 0 Å². The average Bonchev–Trinajstić information content (AvgIpc) is 2.50. The Morgan fingerprint density at radius 1 is 1.10 bits per heavy atom. The zero-order valence-corrected chi connectivity index (χ0v) is 11.8. The van der Waals surface area contributed by atoms with Crippen LogP contribution in [-0.4, -0.2) is 12.5 Å². The van der Waals surface area contributed by atoms with Gasteiger partial charge in [0.2, 0.25) is 5.91 Å². The molecule has 1 atom stereocenters. The second-order valence-electron chi connectivity index (χ2n) is 4.73. The Balaban J connectivity index is 1.96. The quantitative estimate of drug-likeness (QED) is 0.882. The van der Waals surface area contributed by atoms with E-state index in [1.807, 2.05) is 54.6 Å². The number of anilines is 2. The SMILES string of the molecule is CC(=O)Nc1ccc(NCC(C#N)c2ccccc2)cc1. The van der Waals surface area contributed by atoms with E-state index in [0.717, 1.165) is 16.9 Å². The third-order valence-electron chi connectivity index (χ3n) is 3.07. The molecule has 0 saturated carbocycles. The Morgan fingerprint density at radius 3 is 2.29 bits per heavy atom. The van der Waals surface area contributed by atoms with Crippen LogP contribution in [0.3, 0.4) is 0 Å². The van der Waals surface area contributed by atoms with Crippen molar-refractivity contribution in [2.75, 3.05) is 17.2 Å². The number of nitrogens with one attached hydrogen (secondary N) is 2. The van der Waals surface area contributed by atoms with E-state index in [-0.39, 0.29) is 11.8 Å². The highest BCUT2D eigenvalue weighted by Gasteiger charge is 2.09. The van der Waals surface area contributed by atoms with Crippen molar-refractivity contribution in [1.82, 2.24) is 0 Å². The fourth-order valence-electron chi connectivity index (χ4n) is 2.02. The van der Waals surface area contributed by atoms with Gasteiger partial charge >= 0.3 is 0 Å². The van der Waals surface area contributed by atoms with Gasteiger partial charge in [-0.3, -0.25) is 4.79 Å². The molecule has 2 aromatic carbocycles. The van der Waals surface area contributed by atoms with Gasteiger partial charge in [-0.15, -0.1) is 0 Å². The molecule has 2 aromatic rings. The van der Waals surface area contributed by atoms with E-state index < -0.39 is 0 Å². The molecule has 0 aromatic heterocycles. The summed E-state index contributed by atoms with van der Waals surface area (Å²) in [7, 11) is 0. The molecule has 0 saturated heterocycles. The monoisotopic (exact) mass is 279 g/mol. The van der Waals surface area contributed by atoms with Gasteiger partial charge in [-0.05, 0) is 29.8 Å². The molecule has 0 radical (unpaired) electrons. The minimum absolute atomic E-state index is 0.0932. The lowest BCUT2D eigenvalue weighted by atomic mass is 10.0. The summed E-state index contributed by atoms with van der Waals surface area (Å²) in [6.45, 7) is 2.02. The van der Waals surface area contributed by atoms with E-state index in [2.05, 4.69) is 16.7 Å². The smallest absolute Gasteiger partial charge is 0.221 e. The number of nitriles is 1. The van der Waals surface area contributed by atoms with Gasteiger partial charge in [-0.25, -0.2) is 0 Å². The van der Waals surface area contributed by atoms with Gasteiger partial charge in [0.15, 0.2) is 0 Å². The molecular formula is C17H17N3O. The number of hydrogen-bond donors (Lipinski definition) is 2. The van der Waals surface area contributed by atoms with Gasteiger partial charge in [-0.1, -0.05) is 30.3 Å². The van der Waals surface area contributed by atoms with Crippen molar-refractivity contribution >= 4 is 17.3 Å². The molecule has 1 unspecified atom stereocenters. The standard InChI is InChI=1S/C17H17N3O/c1-13(21)20-17-9-7-16(8-10-17)19-12-15(11-18)14-5-3-2-4-6-14/h2-10,15,19H,12H2,1H3,(H,20,21). The first-order valence-electron chi connectivity index (χ1n) is 6.75. The fourth-order valence-corrected chi connectivity index (χ4v) is 2.02. The van der Waals surface area contributed by atoms with Crippen LogP contribution in [0.25, 0.3) is 0 Å². The van der Waals surface area contributed by atoms with Crippen molar-refractivity contribution < 1.29 is 4.79 Å². The van der Waals surface area contributed by atoms with Gasteiger partial charge < -0.3 is 10.6 Å². The minimum atomic E-state index is -0.193. The summed E-state index contributed by atoms with van der Waals surface area (Å²) < 4.78 is 0. The molecule has 21 heavy (non-hydrogen) atoms. The van der Waals surface area contributed by atoms with Crippen LogP contribution in [0.1, 0.15) is 18.4 Å². The Kier molecular flexibility index (Phi) is 4.94. The molecule has 4 heteroatoms. The number of benzene rings is 2. The van der Waals surface area contributed by atoms with Crippen molar-refractivity contribution in [2.45, 2.75) is 12.8 Å². The van der Waals surface area contributed by atoms with E-state index in [0.29, 0.717) is 6.54 Å². The maximum atomic E-state index is 10.9. The summed E-state index contributed by atoms with van der Waals surface area (Å²) in [6.07, 6.45) is 0. The van der Waals surface area contributed by atoms with Crippen molar-refractivity contribution in [1.29, 1.82) is 5.26 Å². The molecule has 4 nitrogen and oxygen atoms in total. The number of carbonyl (C=O) groups is 1. The van der Waals surface area contributed by atoms with E-state index in [1.165, 1.54) is 6.92 Å². The van der Waals surface area contributed by atoms with Gasteiger partial charge in [0.05, 0.1) is 12.0 Å². The Labute approximate surface area is 124 Å². The van der Waals surface area contributed by atoms with Crippen molar-refractivity contribution in [3.05, 3.63) is 60.2 Å². The van der Waals surface area contributed by atoms with Crippen molar-refractivity contribution in [3.63, 3.8) is 0 Å². The highest BCUT2D eigenvalue weighted by Crippen LogP contribution is 2.18. The Bertz CT molecular complexity index is 629. The van der Waals surface area contributed by atoms with Gasteiger partial charge in [0.25, 0.3) is 0 Å². The third-order valence-corrected chi connectivity index (χ3v) is 3.07. The third kappa shape index (κ3) is 4.36. The normalized spacial score (nSPS) is 11.2. The molecule has 0 aliphatic heterocycles. The van der Waals surface area contributed by atoms with Gasteiger partial charge in [-0.2, -0.15) is 5.26 Å². The summed E-state index contributed by atoms with van der Waals surface area (Å²) in [4.78, 5) is 10.9. The predicted octanol–water partition coefficient (Wildman–Crippen LogP) is 3.36. The average molecular weight is 279 g/mol. The first-order chi connectivity index (χ1) is 10.2. The zero-order valence-electron chi connectivity index (χ0n) is 11.8. The minimum Gasteiger partial charge on any atom is -0.383 e. The van der Waals surface area contributed by atoms with Crippen LogP contribution in [0, 0.1) is 11.3 Å². The molecule has 0 heterocycles. The summed E-state index contributed by atoms with van der Waals surface area (Å²) in [5.74, 6) is -0.287. The highest BCUT2D eigenvalue weighted by atomic mass is 16.1. The molecule has 0 aliphatic carbocycles. The number of amides is 1. The lowest BCUT2D eigenvalue weighted by Crippen LogP contribution is -2.11. The maximum Gasteiger partial charge on any atom is 0.221 e. The van der Waals surface area contributed by atoms with E-state index in [9.17, 15) is 10.1 Å². The topological polar surface area (TPSA) is 64.9 Å². The van der Waals surface area contributed by atoms with Crippen LogP contribution in [0.4, 0.5) is 11.4 Å². The molecule has 106 valence electrons. The summed E-state index contributed by atoms with van der Waals surface area (Å²) in [5.41, 5.74) is 2.68. The molecule has 0 aliphatic rings. The second-order valence-corrected chi connectivity index (χ2v) is 4.73. The fraction of sp³-hybridized carbons (Fsp3) is 0.176. The van der Waals surface area contributed by atoms with Crippen LogP contribution in [0.15, 0.2) is 54.6 Å². The summed E-state index contributed by atoms with van der Waals surface area (Å²) in [5, 5.41) is 15.2. The van der Waals surface area contributed by atoms with Gasteiger partial charge in [0, 0.05) is 24.8 Å². The van der Waals surface area contributed by atoms with Crippen LogP contribution in [0.2, 0.25) is 0 Å². The molecule has 0 bridgehead atoms. The van der Waals surface area contributed by atoms with E-state index in [1.54, 1.807) is 0 Å². The lowest BCUT2D eigenvalue weighted by Gasteiger charge is -2.12. The van der Waals surface area contributed by atoms with Crippen molar-refractivity contribution in [2.24, 2.45) is 0 Å². The molecule has 2 N–H and O–H groups in total. The number of hydrogen-bond acceptors (Lipinski definition) is 3. The summed E-state index contributed by atoms with van der Waals surface area (Å²) in [6, 6.07) is 19.4.